The lowest BCUT2D eigenvalue weighted by Crippen LogP contribution is -2.35. The molecule has 3 nitrogen and oxygen atoms in total. The fraction of sp³-hybridized carbons (Fsp3) is 0.588. The minimum Gasteiger partial charge on any atom is -0.325 e. The van der Waals surface area contributed by atoms with Crippen molar-refractivity contribution in [3.05, 3.63) is 28.3 Å². The molecule has 1 aliphatic heterocycles. The molecule has 0 saturated carbocycles. The Morgan fingerprint density at radius 2 is 2.00 bits per heavy atom. The van der Waals surface area contributed by atoms with Gasteiger partial charge in [0.2, 0.25) is 5.91 Å². The van der Waals surface area contributed by atoms with Crippen LogP contribution in [0.15, 0.2) is 12.1 Å². The molecule has 1 N–H and O–H groups in total. The first kappa shape index (κ1) is 16.3. The Morgan fingerprint density at radius 1 is 1.33 bits per heavy atom. The molecule has 0 unspecified atom stereocenters. The van der Waals surface area contributed by atoms with Crippen LogP contribution in [0.25, 0.3) is 0 Å². The van der Waals surface area contributed by atoms with Crippen LogP contribution < -0.4 is 5.32 Å². The van der Waals surface area contributed by atoms with Gasteiger partial charge in [0.1, 0.15) is 0 Å². The molecule has 1 aromatic carbocycles. The zero-order valence-corrected chi connectivity index (χ0v) is 14.0. The molecule has 0 spiro atoms. The summed E-state index contributed by atoms with van der Waals surface area (Å²) >= 11 is 6.22. The summed E-state index contributed by atoms with van der Waals surface area (Å²) in [5.74, 6) is 0.867. The van der Waals surface area contributed by atoms with Crippen LogP contribution in [0.4, 0.5) is 5.69 Å². The second-order valence-corrected chi connectivity index (χ2v) is 6.67. The number of benzene rings is 1. The van der Waals surface area contributed by atoms with E-state index in [2.05, 4.69) is 17.1 Å². The van der Waals surface area contributed by atoms with Gasteiger partial charge >= 0.3 is 0 Å². The fourth-order valence-electron chi connectivity index (χ4n) is 2.82. The van der Waals surface area contributed by atoms with Gasteiger partial charge in [0.15, 0.2) is 0 Å². The fourth-order valence-corrected chi connectivity index (χ4v) is 3.19. The number of nitrogens with zero attached hydrogens (tertiary/aromatic N) is 1. The van der Waals surface area contributed by atoms with Crippen LogP contribution in [0, 0.1) is 19.8 Å². The molecule has 0 bridgehead atoms. The first-order valence-electron chi connectivity index (χ1n) is 7.74. The molecular formula is C17H25ClN2O. The monoisotopic (exact) mass is 308 g/mol. The molecule has 1 aliphatic rings. The van der Waals surface area contributed by atoms with Crippen molar-refractivity contribution in [2.24, 2.45) is 5.92 Å². The summed E-state index contributed by atoms with van der Waals surface area (Å²) < 4.78 is 0. The number of carbonyl (C=O) groups excluding carboxylic acids is 1. The summed E-state index contributed by atoms with van der Waals surface area (Å²) in [5, 5.41) is 3.57. The zero-order chi connectivity index (χ0) is 15.4. The van der Waals surface area contributed by atoms with Crippen molar-refractivity contribution in [2.45, 2.75) is 40.0 Å². The van der Waals surface area contributed by atoms with Gasteiger partial charge < -0.3 is 10.2 Å². The highest BCUT2D eigenvalue weighted by Gasteiger charge is 2.16. The molecule has 0 aliphatic carbocycles. The number of aryl methyl sites for hydroxylation is 2. The number of piperidine rings is 1. The van der Waals surface area contributed by atoms with Gasteiger partial charge in [0.25, 0.3) is 0 Å². The third-order valence-corrected chi connectivity index (χ3v) is 4.53. The molecule has 0 atom stereocenters. The summed E-state index contributed by atoms with van der Waals surface area (Å²) in [6.45, 7) is 9.33. The van der Waals surface area contributed by atoms with Crippen molar-refractivity contribution in [1.29, 1.82) is 0 Å². The predicted molar refractivity (Wildman–Crippen MR) is 89.0 cm³/mol. The average Bonchev–Trinajstić information content (AvgIpc) is 2.42. The number of rotatable bonds is 4. The molecule has 1 aromatic rings. The molecule has 2 rings (SSSR count). The van der Waals surface area contributed by atoms with E-state index in [-0.39, 0.29) is 5.91 Å². The lowest BCUT2D eigenvalue weighted by Gasteiger charge is -2.29. The quantitative estimate of drug-likeness (QED) is 0.911. The van der Waals surface area contributed by atoms with Crippen molar-refractivity contribution in [1.82, 2.24) is 4.90 Å². The topological polar surface area (TPSA) is 32.3 Å². The SMILES string of the molecule is Cc1cc(C)c(NC(=O)CCN2CCC(C)CC2)c(Cl)c1. The maximum absolute atomic E-state index is 12.1. The van der Waals surface area contributed by atoms with Gasteiger partial charge in [-0.1, -0.05) is 24.6 Å². The number of carbonyl (C=O) groups is 1. The Bertz CT molecular complexity index is 485. The third kappa shape index (κ3) is 4.72. The minimum absolute atomic E-state index is 0.0440. The van der Waals surface area contributed by atoms with E-state index >= 15 is 0 Å². The molecule has 0 aromatic heterocycles. The molecule has 1 fully saturated rings. The third-order valence-electron chi connectivity index (χ3n) is 4.23. The van der Waals surface area contributed by atoms with Crippen molar-refractivity contribution in [3.8, 4) is 0 Å². The van der Waals surface area contributed by atoms with E-state index in [1.807, 2.05) is 26.0 Å². The minimum atomic E-state index is 0.0440. The van der Waals surface area contributed by atoms with E-state index in [0.717, 1.165) is 42.4 Å². The van der Waals surface area contributed by atoms with Gasteiger partial charge in [-0.25, -0.2) is 0 Å². The number of halogens is 1. The number of likely N-dealkylation sites (tertiary alicyclic amines) is 1. The second kappa shape index (κ2) is 7.28. The van der Waals surface area contributed by atoms with Crippen molar-refractivity contribution >= 4 is 23.2 Å². The van der Waals surface area contributed by atoms with Crippen LogP contribution >= 0.6 is 11.6 Å². The molecule has 21 heavy (non-hydrogen) atoms. The van der Waals surface area contributed by atoms with Crippen molar-refractivity contribution < 1.29 is 4.79 Å². The van der Waals surface area contributed by atoms with E-state index in [4.69, 9.17) is 11.6 Å². The van der Waals surface area contributed by atoms with Crippen LogP contribution in [0.1, 0.15) is 37.3 Å². The molecule has 1 heterocycles. The Labute approximate surface area is 132 Å². The number of anilines is 1. The van der Waals surface area contributed by atoms with Gasteiger partial charge in [-0.3, -0.25) is 4.79 Å². The van der Waals surface area contributed by atoms with E-state index < -0.39 is 0 Å². The van der Waals surface area contributed by atoms with Crippen LogP contribution in [0.2, 0.25) is 5.02 Å². The average molecular weight is 309 g/mol. The number of hydrogen-bond acceptors (Lipinski definition) is 2. The highest BCUT2D eigenvalue weighted by molar-refractivity contribution is 6.34. The Kier molecular flexibility index (Phi) is 5.65. The number of nitrogens with one attached hydrogen (secondary N) is 1. The van der Waals surface area contributed by atoms with Crippen LogP contribution in [-0.4, -0.2) is 30.4 Å². The largest absolute Gasteiger partial charge is 0.325 e. The number of hydrogen-bond donors (Lipinski definition) is 1. The van der Waals surface area contributed by atoms with Crippen LogP contribution in [0.5, 0.6) is 0 Å². The van der Waals surface area contributed by atoms with Gasteiger partial charge in [-0.2, -0.15) is 0 Å². The smallest absolute Gasteiger partial charge is 0.225 e. The molecule has 4 heteroatoms. The van der Waals surface area contributed by atoms with Crippen molar-refractivity contribution in [3.63, 3.8) is 0 Å². The van der Waals surface area contributed by atoms with E-state index in [9.17, 15) is 4.79 Å². The highest BCUT2D eigenvalue weighted by atomic mass is 35.5. The van der Waals surface area contributed by atoms with Crippen LogP contribution in [0.3, 0.4) is 0 Å². The summed E-state index contributed by atoms with van der Waals surface area (Å²) in [7, 11) is 0. The lowest BCUT2D eigenvalue weighted by molar-refractivity contribution is -0.116. The Balaban J connectivity index is 1.85. The van der Waals surface area contributed by atoms with E-state index in [0.29, 0.717) is 11.4 Å². The van der Waals surface area contributed by atoms with Crippen LogP contribution in [-0.2, 0) is 4.79 Å². The lowest BCUT2D eigenvalue weighted by atomic mass is 9.99. The van der Waals surface area contributed by atoms with Gasteiger partial charge in [0, 0.05) is 13.0 Å². The first-order valence-corrected chi connectivity index (χ1v) is 8.12. The molecular weight excluding hydrogens is 284 g/mol. The van der Waals surface area contributed by atoms with Gasteiger partial charge in [-0.15, -0.1) is 0 Å². The summed E-state index contributed by atoms with van der Waals surface area (Å²) in [4.78, 5) is 14.5. The van der Waals surface area contributed by atoms with Crippen molar-refractivity contribution in [2.75, 3.05) is 25.0 Å². The molecule has 0 radical (unpaired) electrons. The van der Waals surface area contributed by atoms with Gasteiger partial charge in [-0.05, 0) is 62.9 Å². The maximum atomic E-state index is 12.1. The van der Waals surface area contributed by atoms with Gasteiger partial charge in [0.05, 0.1) is 10.7 Å². The molecule has 1 saturated heterocycles. The summed E-state index contributed by atoms with van der Waals surface area (Å²) in [6.07, 6.45) is 3.01. The van der Waals surface area contributed by atoms with E-state index in [1.165, 1.54) is 12.8 Å². The zero-order valence-electron chi connectivity index (χ0n) is 13.2. The summed E-state index contributed by atoms with van der Waals surface area (Å²) in [5.41, 5.74) is 2.87. The predicted octanol–water partition coefficient (Wildman–Crippen LogP) is 4.02. The van der Waals surface area contributed by atoms with E-state index in [1.54, 1.807) is 0 Å². The summed E-state index contributed by atoms with van der Waals surface area (Å²) in [6, 6.07) is 3.92. The Hall–Kier alpha value is -1.06. The second-order valence-electron chi connectivity index (χ2n) is 6.26. The maximum Gasteiger partial charge on any atom is 0.225 e. The highest BCUT2D eigenvalue weighted by Crippen LogP contribution is 2.27. The first-order chi connectivity index (χ1) is 9.95. The number of amides is 1. The standard InChI is InChI=1S/C17H25ClN2O/c1-12-4-7-20(8-5-12)9-6-16(21)19-17-14(3)10-13(2)11-15(17)18/h10-12H,4-9H2,1-3H3,(H,19,21). The normalized spacial score (nSPS) is 17.0. The molecule has 116 valence electrons. The Morgan fingerprint density at radius 3 is 2.62 bits per heavy atom. The molecule has 1 amide bonds.